The molecule has 0 heterocycles. The summed E-state index contributed by atoms with van der Waals surface area (Å²) >= 11 is 0. The van der Waals surface area contributed by atoms with E-state index in [2.05, 4.69) is 25.7 Å². The maximum absolute atomic E-state index is 10.3. The van der Waals surface area contributed by atoms with Gasteiger partial charge >= 0.3 is 0 Å². The summed E-state index contributed by atoms with van der Waals surface area (Å²) < 4.78 is 10.5. The molecule has 0 saturated heterocycles. The summed E-state index contributed by atoms with van der Waals surface area (Å²) in [6, 6.07) is 5.52. The lowest BCUT2D eigenvalue weighted by Gasteiger charge is -2.28. The number of aliphatic hydroxyl groups is 1. The molecule has 1 N–H and O–H groups in total. The topological polar surface area (TPSA) is 41.9 Å². The van der Waals surface area contributed by atoms with E-state index in [4.69, 9.17) is 9.47 Å². The van der Waals surface area contributed by atoms with E-state index in [-0.39, 0.29) is 5.41 Å². The van der Waals surface area contributed by atoms with Crippen molar-refractivity contribution in [1.82, 2.24) is 4.90 Å². The Morgan fingerprint density at radius 2 is 1.75 bits per heavy atom. The van der Waals surface area contributed by atoms with Crippen molar-refractivity contribution < 1.29 is 14.6 Å². The van der Waals surface area contributed by atoms with Gasteiger partial charge in [-0.05, 0) is 30.2 Å². The number of hydrogen-bond donors (Lipinski definition) is 1. The second-order valence-electron chi connectivity index (χ2n) is 6.39. The molecule has 1 rings (SSSR count). The molecule has 4 nitrogen and oxygen atoms in total. The highest BCUT2D eigenvalue weighted by atomic mass is 16.5. The normalized spacial score (nSPS) is 13.4. The lowest BCUT2D eigenvalue weighted by atomic mass is 9.96. The van der Waals surface area contributed by atoms with Gasteiger partial charge in [-0.3, -0.25) is 0 Å². The Hall–Kier alpha value is -1.26. The summed E-state index contributed by atoms with van der Waals surface area (Å²) in [4.78, 5) is 2.14. The van der Waals surface area contributed by atoms with E-state index in [1.807, 2.05) is 25.2 Å². The summed E-state index contributed by atoms with van der Waals surface area (Å²) in [5.41, 5.74) is 1.05. The monoisotopic (exact) mass is 281 g/mol. The first kappa shape index (κ1) is 16.8. The summed E-state index contributed by atoms with van der Waals surface area (Å²) in [6.07, 6.45) is -0.540. The lowest BCUT2D eigenvalue weighted by Crippen LogP contribution is -2.32. The van der Waals surface area contributed by atoms with E-state index in [0.29, 0.717) is 18.0 Å². The zero-order valence-electron chi connectivity index (χ0n) is 13.4. The van der Waals surface area contributed by atoms with Crippen LogP contribution in [0.4, 0.5) is 0 Å². The molecule has 114 valence electrons. The van der Waals surface area contributed by atoms with Crippen LogP contribution < -0.4 is 9.47 Å². The van der Waals surface area contributed by atoms with Crippen LogP contribution >= 0.6 is 0 Å². The molecule has 0 aliphatic rings. The summed E-state index contributed by atoms with van der Waals surface area (Å²) in [7, 11) is 5.22. The van der Waals surface area contributed by atoms with Gasteiger partial charge in [0.15, 0.2) is 11.5 Å². The molecule has 0 bridgehead atoms. The average Bonchev–Trinajstić information content (AvgIpc) is 2.35. The van der Waals surface area contributed by atoms with Gasteiger partial charge in [0.25, 0.3) is 0 Å². The van der Waals surface area contributed by atoms with Crippen molar-refractivity contribution in [3.05, 3.63) is 23.8 Å². The number of likely N-dealkylation sites (N-methyl/N-ethyl adjacent to an activating group) is 1. The minimum Gasteiger partial charge on any atom is -0.493 e. The fourth-order valence-corrected chi connectivity index (χ4v) is 2.34. The van der Waals surface area contributed by atoms with E-state index < -0.39 is 6.10 Å². The molecular weight excluding hydrogens is 254 g/mol. The Balaban J connectivity index is 2.74. The van der Waals surface area contributed by atoms with Crippen molar-refractivity contribution >= 4 is 0 Å². The zero-order valence-corrected chi connectivity index (χ0v) is 13.4. The van der Waals surface area contributed by atoms with Crippen LogP contribution in [0.5, 0.6) is 11.5 Å². The molecule has 0 spiro atoms. The Morgan fingerprint density at radius 1 is 1.15 bits per heavy atom. The molecule has 0 radical (unpaired) electrons. The van der Waals surface area contributed by atoms with Gasteiger partial charge in [-0.2, -0.15) is 0 Å². The molecule has 0 fully saturated rings. The molecule has 0 aliphatic carbocycles. The Labute approximate surface area is 122 Å². The third kappa shape index (κ3) is 5.02. The van der Waals surface area contributed by atoms with Gasteiger partial charge in [-0.25, -0.2) is 0 Å². The molecule has 0 saturated carbocycles. The van der Waals surface area contributed by atoms with Crippen LogP contribution in [0.1, 0.15) is 32.4 Å². The number of aliphatic hydroxyl groups excluding tert-OH is 1. The van der Waals surface area contributed by atoms with E-state index in [1.165, 1.54) is 0 Å². The van der Waals surface area contributed by atoms with Crippen molar-refractivity contribution in [1.29, 1.82) is 0 Å². The molecule has 0 aromatic heterocycles. The number of methoxy groups -OCH3 is 2. The van der Waals surface area contributed by atoms with Gasteiger partial charge in [0.1, 0.15) is 0 Å². The fraction of sp³-hybridized carbons (Fsp3) is 0.625. The highest BCUT2D eigenvalue weighted by Gasteiger charge is 2.18. The molecule has 4 heteroatoms. The second kappa shape index (κ2) is 6.95. The standard InChI is InChI=1S/C16H27NO3/c1-16(2,3)11-17(4)10-13(18)12-7-8-14(19-5)15(9-12)20-6/h7-9,13,18H,10-11H2,1-6H3. The van der Waals surface area contributed by atoms with Crippen molar-refractivity contribution in [2.45, 2.75) is 26.9 Å². The van der Waals surface area contributed by atoms with E-state index in [1.54, 1.807) is 14.2 Å². The predicted molar refractivity (Wildman–Crippen MR) is 81.5 cm³/mol. The van der Waals surface area contributed by atoms with Crippen LogP contribution in [0.2, 0.25) is 0 Å². The van der Waals surface area contributed by atoms with Gasteiger partial charge in [-0.15, -0.1) is 0 Å². The number of hydrogen-bond acceptors (Lipinski definition) is 4. The lowest BCUT2D eigenvalue weighted by molar-refractivity contribution is 0.108. The number of nitrogens with zero attached hydrogens (tertiary/aromatic N) is 1. The minimum absolute atomic E-state index is 0.214. The first-order valence-corrected chi connectivity index (χ1v) is 6.85. The molecule has 1 aromatic rings. The minimum atomic E-state index is -0.540. The van der Waals surface area contributed by atoms with Gasteiger partial charge in [0.2, 0.25) is 0 Å². The van der Waals surface area contributed by atoms with Crippen LogP contribution in [0, 0.1) is 5.41 Å². The largest absolute Gasteiger partial charge is 0.493 e. The molecule has 0 amide bonds. The van der Waals surface area contributed by atoms with E-state index in [9.17, 15) is 5.11 Å². The van der Waals surface area contributed by atoms with Crippen molar-refractivity contribution in [3.8, 4) is 11.5 Å². The molecule has 1 aromatic carbocycles. The third-order valence-corrected chi connectivity index (χ3v) is 3.02. The molecule has 1 unspecified atom stereocenters. The van der Waals surface area contributed by atoms with Crippen LogP contribution in [0.3, 0.4) is 0 Å². The molecule has 1 atom stereocenters. The molecule has 20 heavy (non-hydrogen) atoms. The van der Waals surface area contributed by atoms with Crippen LogP contribution in [0.15, 0.2) is 18.2 Å². The van der Waals surface area contributed by atoms with Crippen molar-refractivity contribution in [2.75, 3.05) is 34.4 Å². The first-order chi connectivity index (χ1) is 9.26. The summed E-state index contributed by atoms with van der Waals surface area (Å²) in [5, 5.41) is 10.3. The third-order valence-electron chi connectivity index (χ3n) is 3.02. The van der Waals surface area contributed by atoms with Gasteiger partial charge in [0.05, 0.1) is 20.3 Å². The Bertz CT molecular complexity index is 426. The summed E-state index contributed by atoms with van der Waals surface area (Å²) in [6.45, 7) is 8.08. The highest BCUT2D eigenvalue weighted by molar-refractivity contribution is 5.43. The van der Waals surface area contributed by atoms with Gasteiger partial charge in [-0.1, -0.05) is 26.8 Å². The van der Waals surface area contributed by atoms with Crippen molar-refractivity contribution in [2.24, 2.45) is 5.41 Å². The van der Waals surface area contributed by atoms with Gasteiger partial charge in [0, 0.05) is 13.1 Å². The summed E-state index contributed by atoms with van der Waals surface area (Å²) in [5.74, 6) is 1.31. The van der Waals surface area contributed by atoms with Crippen molar-refractivity contribution in [3.63, 3.8) is 0 Å². The molecule has 0 aliphatic heterocycles. The number of rotatable bonds is 6. The quantitative estimate of drug-likeness (QED) is 0.870. The Morgan fingerprint density at radius 3 is 2.25 bits per heavy atom. The maximum atomic E-state index is 10.3. The van der Waals surface area contributed by atoms with Gasteiger partial charge < -0.3 is 19.5 Å². The average molecular weight is 281 g/mol. The van der Waals surface area contributed by atoms with Crippen LogP contribution in [0.25, 0.3) is 0 Å². The smallest absolute Gasteiger partial charge is 0.161 e. The van der Waals surface area contributed by atoms with Crippen LogP contribution in [-0.4, -0.2) is 44.4 Å². The highest BCUT2D eigenvalue weighted by Crippen LogP contribution is 2.30. The fourth-order valence-electron chi connectivity index (χ4n) is 2.34. The van der Waals surface area contributed by atoms with E-state index >= 15 is 0 Å². The Kier molecular flexibility index (Phi) is 5.84. The van der Waals surface area contributed by atoms with E-state index in [0.717, 1.165) is 12.1 Å². The maximum Gasteiger partial charge on any atom is 0.161 e. The van der Waals surface area contributed by atoms with Crippen LogP contribution in [-0.2, 0) is 0 Å². The zero-order chi connectivity index (χ0) is 15.3. The SMILES string of the molecule is COc1ccc(C(O)CN(C)CC(C)(C)C)cc1OC. The second-order valence-corrected chi connectivity index (χ2v) is 6.39. The first-order valence-electron chi connectivity index (χ1n) is 6.85. The number of benzene rings is 1. The molecular formula is C16H27NO3. The number of ether oxygens (including phenoxy) is 2. The predicted octanol–water partition coefficient (Wildman–Crippen LogP) is 2.72.